The molecule has 1 saturated heterocycles. The Morgan fingerprint density at radius 2 is 1.81 bits per heavy atom. The van der Waals surface area contributed by atoms with Crippen LogP contribution < -0.4 is 16.0 Å². The monoisotopic (exact) mass is 438 g/mol. The summed E-state index contributed by atoms with van der Waals surface area (Å²) in [5.41, 5.74) is 1.80. The van der Waals surface area contributed by atoms with Crippen molar-refractivity contribution in [2.45, 2.75) is 63.5 Å². The lowest BCUT2D eigenvalue weighted by Gasteiger charge is -2.52. The summed E-state index contributed by atoms with van der Waals surface area (Å²) >= 11 is 0. The minimum atomic E-state index is -0.938. The molecule has 8 heteroatoms. The fraction of sp³-hybridized carbons (Fsp3) is 0.583. The Kier molecular flexibility index (Phi) is 5.28. The molecule has 4 amide bonds. The fourth-order valence-corrected chi connectivity index (χ4v) is 6.15. The molecule has 0 radical (unpaired) electrons. The van der Waals surface area contributed by atoms with Crippen molar-refractivity contribution in [1.82, 2.24) is 15.5 Å². The molecule has 1 unspecified atom stereocenters. The lowest BCUT2D eigenvalue weighted by molar-refractivity contribution is -0.136. The Balaban J connectivity index is 1.24. The predicted octanol–water partition coefficient (Wildman–Crippen LogP) is 2.06. The average Bonchev–Trinajstić information content (AvgIpc) is 3.02. The van der Waals surface area contributed by atoms with E-state index in [1.54, 1.807) is 12.1 Å². The van der Waals surface area contributed by atoms with E-state index in [4.69, 9.17) is 0 Å². The van der Waals surface area contributed by atoms with Crippen molar-refractivity contribution in [3.63, 3.8) is 0 Å². The van der Waals surface area contributed by atoms with Crippen molar-refractivity contribution in [3.8, 4) is 0 Å². The highest BCUT2D eigenvalue weighted by Crippen LogP contribution is 2.54. The number of amides is 4. The Labute approximate surface area is 187 Å². The van der Waals surface area contributed by atoms with Crippen LogP contribution in [-0.2, 0) is 9.59 Å². The number of rotatable bonds is 5. The van der Waals surface area contributed by atoms with E-state index in [0.717, 1.165) is 11.4 Å². The van der Waals surface area contributed by atoms with Gasteiger partial charge in [-0.3, -0.25) is 29.4 Å². The molecule has 0 bridgehead atoms. The van der Waals surface area contributed by atoms with Gasteiger partial charge in [0.05, 0.1) is 11.1 Å². The van der Waals surface area contributed by atoms with Crippen LogP contribution in [0.25, 0.3) is 0 Å². The third kappa shape index (κ3) is 3.50. The second-order valence-electron chi connectivity index (χ2n) is 9.89. The molecule has 1 aromatic rings. The van der Waals surface area contributed by atoms with E-state index >= 15 is 0 Å². The van der Waals surface area contributed by atoms with Gasteiger partial charge >= 0.3 is 0 Å². The van der Waals surface area contributed by atoms with Gasteiger partial charge < -0.3 is 10.6 Å². The summed E-state index contributed by atoms with van der Waals surface area (Å²) in [4.78, 5) is 50.9. The van der Waals surface area contributed by atoms with Crippen LogP contribution in [0.3, 0.4) is 0 Å². The standard InChI is InChI=1S/C24H30N4O4/c1-25-15-7-9-24(10-8-15)11-14(12-24)13-26-17-4-2-3-16-20(17)23(32)28(22(16)31)18-5-6-19(29)27-21(18)30/h2-4,14-15,18,25-26H,5-13H2,1H3,(H,27,29,30)/t14-,15-,18?,24?. The second-order valence-corrected chi connectivity index (χ2v) is 9.89. The van der Waals surface area contributed by atoms with Crippen LogP contribution >= 0.6 is 0 Å². The van der Waals surface area contributed by atoms with Crippen molar-refractivity contribution < 1.29 is 19.2 Å². The first-order valence-electron chi connectivity index (χ1n) is 11.7. The largest absolute Gasteiger partial charge is 0.384 e. The SMILES string of the molecule is CN[C@H]1CCC2(CC1)C[C@H](CNc1cccc3c1C(=O)N(C1CCC(=O)NC1=O)C3=O)C2. The molecule has 2 saturated carbocycles. The summed E-state index contributed by atoms with van der Waals surface area (Å²) in [6.45, 7) is 0.771. The second kappa shape index (κ2) is 7.99. The summed E-state index contributed by atoms with van der Waals surface area (Å²) < 4.78 is 0. The number of hydrogen-bond donors (Lipinski definition) is 3. The topological polar surface area (TPSA) is 108 Å². The van der Waals surface area contributed by atoms with E-state index in [1.807, 2.05) is 13.1 Å². The summed E-state index contributed by atoms with van der Waals surface area (Å²) in [5, 5.41) is 9.04. The molecule has 1 spiro atoms. The van der Waals surface area contributed by atoms with Crippen LogP contribution in [0.1, 0.15) is 72.1 Å². The molecule has 2 aliphatic heterocycles. The molecule has 1 aromatic carbocycles. The number of anilines is 1. The quantitative estimate of drug-likeness (QED) is 0.608. The molecule has 32 heavy (non-hydrogen) atoms. The smallest absolute Gasteiger partial charge is 0.264 e. The van der Waals surface area contributed by atoms with E-state index < -0.39 is 23.8 Å². The van der Waals surface area contributed by atoms with Crippen LogP contribution in [0.2, 0.25) is 0 Å². The van der Waals surface area contributed by atoms with E-state index in [0.29, 0.717) is 34.2 Å². The van der Waals surface area contributed by atoms with Gasteiger partial charge in [-0.2, -0.15) is 0 Å². The maximum atomic E-state index is 13.2. The lowest BCUT2D eigenvalue weighted by Crippen LogP contribution is -2.54. The van der Waals surface area contributed by atoms with Crippen LogP contribution in [0.5, 0.6) is 0 Å². The van der Waals surface area contributed by atoms with Crippen molar-refractivity contribution in [3.05, 3.63) is 29.3 Å². The fourth-order valence-electron chi connectivity index (χ4n) is 6.15. The highest BCUT2D eigenvalue weighted by molar-refractivity contribution is 6.25. The maximum absolute atomic E-state index is 13.2. The van der Waals surface area contributed by atoms with Gasteiger partial charge in [-0.15, -0.1) is 0 Å². The van der Waals surface area contributed by atoms with Crippen LogP contribution in [0, 0.1) is 11.3 Å². The van der Waals surface area contributed by atoms with Gasteiger partial charge in [-0.05, 0) is 75.5 Å². The Hall–Kier alpha value is -2.74. The molecular formula is C24H30N4O4. The van der Waals surface area contributed by atoms with Crippen LogP contribution in [0.4, 0.5) is 5.69 Å². The van der Waals surface area contributed by atoms with Crippen LogP contribution in [-0.4, -0.2) is 54.2 Å². The molecule has 170 valence electrons. The normalized spacial score (nSPS) is 32.0. The zero-order chi connectivity index (χ0) is 22.5. The molecule has 2 aliphatic carbocycles. The maximum Gasteiger partial charge on any atom is 0.264 e. The molecule has 1 atom stereocenters. The molecule has 8 nitrogen and oxygen atoms in total. The van der Waals surface area contributed by atoms with Crippen molar-refractivity contribution >= 4 is 29.3 Å². The van der Waals surface area contributed by atoms with Crippen molar-refractivity contribution in [1.29, 1.82) is 0 Å². The van der Waals surface area contributed by atoms with Gasteiger partial charge in [0, 0.05) is 24.7 Å². The van der Waals surface area contributed by atoms with Crippen molar-refractivity contribution in [2.75, 3.05) is 18.9 Å². The number of piperidine rings is 1. The highest BCUT2D eigenvalue weighted by Gasteiger charge is 2.47. The number of fused-ring (bicyclic) bond motifs is 1. The van der Waals surface area contributed by atoms with E-state index in [1.165, 1.54) is 38.5 Å². The molecule has 0 aromatic heterocycles. The van der Waals surface area contributed by atoms with E-state index in [-0.39, 0.29) is 18.7 Å². The Morgan fingerprint density at radius 3 is 2.50 bits per heavy atom. The first-order valence-corrected chi connectivity index (χ1v) is 11.7. The first kappa shape index (κ1) is 21.1. The number of benzene rings is 1. The lowest BCUT2D eigenvalue weighted by atomic mass is 9.55. The van der Waals surface area contributed by atoms with Crippen molar-refractivity contribution in [2.24, 2.45) is 11.3 Å². The minimum absolute atomic E-state index is 0.118. The molecular weight excluding hydrogens is 408 g/mol. The molecule has 3 fully saturated rings. The summed E-state index contributed by atoms with van der Waals surface area (Å²) in [6, 6.07) is 4.94. The van der Waals surface area contributed by atoms with Gasteiger partial charge in [-0.1, -0.05) is 6.07 Å². The third-order valence-corrected chi connectivity index (χ3v) is 7.95. The van der Waals surface area contributed by atoms with E-state index in [2.05, 4.69) is 16.0 Å². The van der Waals surface area contributed by atoms with Crippen LogP contribution in [0.15, 0.2) is 18.2 Å². The van der Waals surface area contributed by atoms with Gasteiger partial charge in [0.15, 0.2) is 0 Å². The van der Waals surface area contributed by atoms with Gasteiger partial charge in [-0.25, -0.2) is 0 Å². The predicted molar refractivity (Wildman–Crippen MR) is 118 cm³/mol. The molecule has 4 aliphatic rings. The zero-order valence-electron chi connectivity index (χ0n) is 18.4. The third-order valence-electron chi connectivity index (χ3n) is 7.95. The van der Waals surface area contributed by atoms with Gasteiger partial charge in [0.1, 0.15) is 6.04 Å². The van der Waals surface area contributed by atoms with E-state index in [9.17, 15) is 19.2 Å². The molecule has 2 heterocycles. The highest BCUT2D eigenvalue weighted by atomic mass is 16.2. The molecule has 3 N–H and O–H groups in total. The number of carbonyl (C=O) groups excluding carboxylic acids is 4. The Bertz CT molecular complexity index is 974. The Morgan fingerprint density at radius 1 is 1.06 bits per heavy atom. The molecule has 5 rings (SSSR count). The average molecular weight is 439 g/mol. The number of nitrogens with zero attached hydrogens (tertiary/aromatic N) is 1. The summed E-state index contributed by atoms with van der Waals surface area (Å²) in [6.07, 6.45) is 7.75. The number of hydrogen-bond acceptors (Lipinski definition) is 6. The number of imide groups is 2. The summed E-state index contributed by atoms with van der Waals surface area (Å²) in [5.74, 6) is -1.32. The van der Waals surface area contributed by atoms with Gasteiger partial charge in [0.2, 0.25) is 11.8 Å². The number of carbonyl (C=O) groups is 4. The first-order chi connectivity index (χ1) is 15.4. The zero-order valence-corrected chi connectivity index (χ0v) is 18.4. The summed E-state index contributed by atoms with van der Waals surface area (Å²) in [7, 11) is 2.04. The minimum Gasteiger partial charge on any atom is -0.384 e. The van der Waals surface area contributed by atoms with Gasteiger partial charge in [0.25, 0.3) is 11.8 Å². The number of nitrogens with one attached hydrogen (secondary N) is 3.